The highest BCUT2D eigenvalue weighted by Crippen LogP contribution is 2.03. The van der Waals surface area contributed by atoms with E-state index in [1.165, 1.54) is 31.3 Å². The zero-order valence-corrected chi connectivity index (χ0v) is 9.07. The third kappa shape index (κ3) is 3.81. The predicted molar refractivity (Wildman–Crippen MR) is 58.1 cm³/mol. The fraction of sp³-hybridized carbons (Fsp3) is 0.273. The Morgan fingerprint density at radius 1 is 1.07 bits per heavy atom. The van der Waals surface area contributed by atoms with Gasteiger partial charge in [0.2, 0.25) is 0 Å². The van der Waals surface area contributed by atoms with Crippen LogP contribution in [0.3, 0.4) is 0 Å². The molecule has 1 aromatic carbocycles. The van der Waals surface area contributed by atoms with Crippen LogP contribution in [0.25, 0.3) is 0 Å². The van der Waals surface area contributed by atoms with Crippen molar-refractivity contribution in [2.45, 2.75) is 13.8 Å². The average molecular weight is 209 g/mol. The van der Waals surface area contributed by atoms with Gasteiger partial charge in [0.1, 0.15) is 0 Å². The molecule has 0 spiro atoms. The lowest BCUT2D eigenvalue weighted by Gasteiger charge is -1.99. The summed E-state index contributed by atoms with van der Waals surface area (Å²) in [6, 6.07) is 5.74. The van der Waals surface area contributed by atoms with Gasteiger partial charge >= 0.3 is 5.97 Å². The molecule has 4 heteroatoms. The number of carbonyl (C=O) groups is 2. The van der Waals surface area contributed by atoms with Gasteiger partial charge in [-0.05, 0) is 24.3 Å². The fourth-order valence-electron chi connectivity index (χ4n) is 0.909. The third-order valence-corrected chi connectivity index (χ3v) is 1.62. The van der Waals surface area contributed by atoms with Gasteiger partial charge in [-0.25, -0.2) is 4.79 Å². The number of amides is 1. The lowest BCUT2D eigenvalue weighted by Crippen LogP contribution is -2.17. The van der Waals surface area contributed by atoms with Crippen LogP contribution in [0.4, 0.5) is 0 Å². The maximum atomic E-state index is 11.0. The molecule has 0 aliphatic carbocycles. The summed E-state index contributed by atoms with van der Waals surface area (Å²) in [5, 5.41) is 11.0. The Bertz CT molecular complexity index is 330. The summed E-state index contributed by atoms with van der Waals surface area (Å²) in [6.07, 6.45) is 0. The molecule has 0 aromatic heterocycles. The highest BCUT2D eigenvalue weighted by molar-refractivity contribution is 5.95. The van der Waals surface area contributed by atoms with E-state index >= 15 is 0 Å². The monoisotopic (exact) mass is 209 g/mol. The molecule has 15 heavy (non-hydrogen) atoms. The molecule has 0 saturated carbocycles. The third-order valence-electron chi connectivity index (χ3n) is 1.62. The second kappa shape index (κ2) is 6.59. The minimum Gasteiger partial charge on any atom is -0.478 e. The summed E-state index contributed by atoms with van der Waals surface area (Å²) in [5.74, 6) is -1.22. The first-order valence-corrected chi connectivity index (χ1v) is 4.70. The summed E-state index contributed by atoms with van der Waals surface area (Å²) < 4.78 is 0. The first-order chi connectivity index (χ1) is 7.15. The van der Waals surface area contributed by atoms with Crippen molar-refractivity contribution in [2.75, 3.05) is 7.05 Å². The van der Waals surface area contributed by atoms with Crippen molar-refractivity contribution in [2.24, 2.45) is 0 Å². The van der Waals surface area contributed by atoms with Crippen LogP contribution < -0.4 is 5.32 Å². The largest absolute Gasteiger partial charge is 0.478 e. The van der Waals surface area contributed by atoms with Gasteiger partial charge < -0.3 is 10.4 Å². The van der Waals surface area contributed by atoms with E-state index in [0.29, 0.717) is 5.56 Å². The van der Waals surface area contributed by atoms with Gasteiger partial charge in [0.15, 0.2) is 0 Å². The first kappa shape index (κ1) is 13.2. The molecule has 0 fully saturated rings. The topological polar surface area (TPSA) is 66.4 Å². The number of carbonyl (C=O) groups excluding carboxylic acids is 1. The van der Waals surface area contributed by atoms with Crippen LogP contribution in [-0.4, -0.2) is 24.0 Å². The number of benzene rings is 1. The quantitative estimate of drug-likeness (QED) is 0.780. The standard InChI is InChI=1S/C9H9NO3.C2H6/c1-10-8(11)6-2-4-7(5-3-6)9(12)13;1-2/h2-5H,1H3,(H,10,11)(H,12,13);1-2H3. The van der Waals surface area contributed by atoms with Gasteiger partial charge in [-0.3, -0.25) is 4.79 Å². The summed E-state index contributed by atoms with van der Waals surface area (Å²) >= 11 is 0. The van der Waals surface area contributed by atoms with E-state index < -0.39 is 5.97 Å². The van der Waals surface area contributed by atoms with Gasteiger partial charge in [-0.2, -0.15) is 0 Å². The maximum Gasteiger partial charge on any atom is 0.335 e. The van der Waals surface area contributed by atoms with Gasteiger partial charge in [0.25, 0.3) is 5.91 Å². The number of hydrogen-bond donors (Lipinski definition) is 2. The molecule has 0 bridgehead atoms. The smallest absolute Gasteiger partial charge is 0.335 e. The van der Waals surface area contributed by atoms with Crippen molar-refractivity contribution in [3.05, 3.63) is 35.4 Å². The number of aromatic carboxylic acids is 1. The number of nitrogens with one attached hydrogen (secondary N) is 1. The molecule has 1 rings (SSSR count). The lowest BCUT2D eigenvalue weighted by atomic mass is 10.1. The highest BCUT2D eigenvalue weighted by Gasteiger charge is 2.05. The fourth-order valence-corrected chi connectivity index (χ4v) is 0.909. The van der Waals surface area contributed by atoms with E-state index in [0.717, 1.165) is 0 Å². The Labute approximate surface area is 88.9 Å². The molecule has 0 radical (unpaired) electrons. The summed E-state index contributed by atoms with van der Waals surface area (Å²) in [5.41, 5.74) is 0.625. The van der Waals surface area contributed by atoms with Crippen molar-refractivity contribution in [3.8, 4) is 0 Å². The van der Waals surface area contributed by atoms with Crippen molar-refractivity contribution in [1.29, 1.82) is 0 Å². The minimum atomic E-state index is -0.997. The van der Waals surface area contributed by atoms with E-state index in [4.69, 9.17) is 5.11 Å². The molecule has 0 atom stereocenters. The molecular formula is C11H15NO3. The molecule has 0 aliphatic rings. The average Bonchev–Trinajstić information content (AvgIpc) is 2.31. The Balaban J connectivity index is 0.000000921. The number of carboxylic acids is 1. The Hall–Kier alpha value is -1.84. The lowest BCUT2D eigenvalue weighted by molar-refractivity contribution is 0.0696. The Kier molecular flexibility index (Phi) is 5.78. The van der Waals surface area contributed by atoms with Crippen molar-refractivity contribution >= 4 is 11.9 Å². The van der Waals surface area contributed by atoms with E-state index in [1.54, 1.807) is 0 Å². The van der Waals surface area contributed by atoms with Crippen LogP contribution in [0.5, 0.6) is 0 Å². The van der Waals surface area contributed by atoms with Crippen LogP contribution in [-0.2, 0) is 0 Å². The van der Waals surface area contributed by atoms with E-state index in [1.807, 2.05) is 13.8 Å². The van der Waals surface area contributed by atoms with Crippen LogP contribution >= 0.6 is 0 Å². The SMILES string of the molecule is CC.CNC(=O)c1ccc(C(=O)O)cc1. The van der Waals surface area contributed by atoms with E-state index in [9.17, 15) is 9.59 Å². The molecule has 0 heterocycles. The number of hydrogen-bond acceptors (Lipinski definition) is 2. The Morgan fingerprint density at radius 2 is 1.47 bits per heavy atom. The van der Waals surface area contributed by atoms with Gasteiger partial charge in [-0.15, -0.1) is 0 Å². The summed E-state index contributed by atoms with van der Waals surface area (Å²) in [4.78, 5) is 21.5. The molecular weight excluding hydrogens is 194 g/mol. The van der Waals surface area contributed by atoms with E-state index in [-0.39, 0.29) is 11.5 Å². The van der Waals surface area contributed by atoms with Crippen LogP contribution in [0, 0.1) is 0 Å². The van der Waals surface area contributed by atoms with Gasteiger partial charge in [0, 0.05) is 12.6 Å². The molecule has 0 aliphatic heterocycles. The molecule has 1 aromatic rings. The Morgan fingerprint density at radius 3 is 1.80 bits per heavy atom. The normalized spacial score (nSPS) is 8.47. The predicted octanol–water partition coefficient (Wildman–Crippen LogP) is 1.77. The second-order valence-corrected chi connectivity index (χ2v) is 2.46. The van der Waals surface area contributed by atoms with Crippen LogP contribution in [0.15, 0.2) is 24.3 Å². The molecule has 82 valence electrons. The van der Waals surface area contributed by atoms with Crippen molar-refractivity contribution < 1.29 is 14.7 Å². The molecule has 4 nitrogen and oxygen atoms in total. The molecule has 0 saturated heterocycles. The molecule has 0 unspecified atom stereocenters. The summed E-state index contributed by atoms with van der Waals surface area (Å²) in [7, 11) is 1.52. The van der Waals surface area contributed by atoms with Gasteiger partial charge in [0.05, 0.1) is 5.56 Å². The minimum absolute atomic E-state index is 0.174. The van der Waals surface area contributed by atoms with E-state index in [2.05, 4.69) is 5.32 Å². The number of rotatable bonds is 2. The van der Waals surface area contributed by atoms with Crippen LogP contribution in [0.1, 0.15) is 34.6 Å². The van der Waals surface area contributed by atoms with Crippen LogP contribution in [0.2, 0.25) is 0 Å². The van der Waals surface area contributed by atoms with Crippen molar-refractivity contribution in [3.63, 3.8) is 0 Å². The zero-order valence-electron chi connectivity index (χ0n) is 9.07. The summed E-state index contributed by atoms with van der Waals surface area (Å²) in [6.45, 7) is 4.00. The second-order valence-electron chi connectivity index (χ2n) is 2.46. The van der Waals surface area contributed by atoms with Gasteiger partial charge in [-0.1, -0.05) is 13.8 Å². The maximum absolute atomic E-state index is 11.0. The molecule has 2 N–H and O–H groups in total. The van der Waals surface area contributed by atoms with Crippen molar-refractivity contribution in [1.82, 2.24) is 5.32 Å². The number of carboxylic acid groups (broad SMARTS) is 1. The zero-order chi connectivity index (χ0) is 11.8. The first-order valence-electron chi connectivity index (χ1n) is 4.70. The highest BCUT2D eigenvalue weighted by atomic mass is 16.4. The molecule has 1 amide bonds.